The average Bonchev–Trinajstić information content (AvgIpc) is 0.890. The monoisotopic (exact) mass is 1740 g/mol. The highest BCUT2D eigenvalue weighted by Gasteiger charge is 2.47. The fourth-order valence-electron chi connectivity index (χ4n) is 17.7. The fraction of sp³-hybridized carbons (Fsp3) is 0.381. The lowest BCUT2D eigenvalue weighted by atomic mass is 9.33. The Labute approximate surface area is 816 Å². The van der Waals surface area contributed by atoms with Gasteiger partial charge in [-0.2, -0.15) is 0 Å². The van der Waals surface area contributed by atoms with Crippen molar-refractivity contribution in [2.45, 2.75) is 314 Å². The van der Waals surface area contributed by atoms with Crippen LogP contribution in [0.4, 0.5) is 34.1 Å². The molecular weight excluding hydrogens is 1570 g/mol. The van der Waals surface area contributed by atoms with E-state index in [2.05, 4.69) is 142 Å². The van der Waals surface area contributed by atoms with Crippen molar-refractivity contribution in [1.29, 1.82) is 0 Å². The normalized spacial score (nSPS) is 16.4. The summed E-state index contributed by atoms with van der Waals surface area (Å²) in [6, 6.07) is 23.9. The summed E-state index contributed by atoms with van der Waals surface area (Å²) < 4.78 is 251. The van der Waals surface area contributed by atoms with Crippen LogP contribution in [0.15, 0.2) is 242 Å². The van der Waals surface area contributed by atoms with Gasteiger partial charge in [0, 0.05) is 61.5 Å². The van der Waals surface area contributed by atoms with Crippen LogP contribution in [0.2, 0.25) is 0 Å². The average molecular weight is 1740 g/mol. The molecule has 670 valence electrons. The van der Waals surface area contributed by atoms with Crippen molar-refractivity contribution in [3.63, 3.8) is 0 Å². The van der Waals surface area contributed by atoms with Crippen LogP contribution < -0.4 is 26.2 Å². The number of anilines is 6. The van der Waals surface area contributed by atoms with Gasteiger partial charge in [-0.1, -0.05) is 413 Å². The van der Waals surface area contributed by atoms with Gasteiger partial charge >= 0.3 is 0 Å². The minimum Gasteiger partial charge on any atom is -0.310 e. The summed E-state index contributed by atoms with van der Waals surface area (Å²) >= 11 is 0. The van der Waals surface area contributed by atoms with E-state index in [1.54, 1.807) is 64.6 Å². The highest BCUT2D eigenvalue weighted by atomic mass is 15.2. The van der Waals surface area contributed by atoms with E-state index in [-0.39, 0.29) is 176 Å². The molecule has 0 unspecified atom stereocenters. The fourth-order valence-corrected chi connectivity index (χ4v) is 17.7. The number of hydrogen-bond acceptors (Lipinski definition) is 2. The summed E-state index contributed by atoms with van der Waals surface area (Å²) in [5.74, 6) is 0. The second-order valence-corrected chi connectivity index (χ2v) is 49.1. The molecule has 0 amide bonds. The van der Waals surface area contributed by atoms with Gasteiger partial charge < -0.3 is 14.4 Å². The Morgan fingerprint density at radius 3 is 1.00 bits per heavy atom. The molecule has 0 fully saturated rings. The van der Waals surface area contributed by atoms with Crippen LogP contribution in [-0.2, 0) is 65.0 Å². The van der Waals surface area contributed by atoms with E-state index in [0.29, 0.717) is 33.2 Å². The number of benzene rings is 13. The summed E-state index contributed by atoms with van der Waals surface area (Å²) in [6.07, 6.45) is 0. The molecule has 2 aliphatic heterocycles. The van der Waals surface area contributed by atoms with Gasteiger partial charge in [-0.15, -0.1) is 0 Å². The molecule has 0 N–H and O–H groups in total. The van der Waals surface area contributed by atoms with Crippen LogP contribution in [0.5, 0.6) is 0 Å². The maximum Gasteiger partial charge on any atom is 0.252 e. The molecule has 16 rings (SSSR count). The lowest BCUT2D eigenvalue weighted by Crippen LogP contribution is -2.61. The minimum atomic E-state index is -1.31. The minimum absolute atomic E-state index is 0.00718. The summed E-state index contributed by atoms with van der Waals surface area (Å²) in [6.45, 7) is 68.8. The third-order valence-corrected chi connectivity index (χ3v) is 25.8. The number of rotatable bonds is 9. The van der Waals surface area contributed by atoms with Gasteiger partial charge in [0.1, 0.15) is 0 Å². The Kier molecular flexibility index (Phi) is 16.4. The summed E-state index contributed by atoms with van der Waals surface area (Å²) in [4.78, 5) is 3.69. The van der Waals surface area contributed by atoms with Crippen LogP contribution in [0, 0.1) is 0 Å². The van der Waals surface area contributed by atoms with E-state index in [4.69, 9.17) is 1.37 Å². The molecule has 3 nitrogen and oxygen atoms in total. The zero-order valence-corrected chi connectivity index (χ0v) is 84.2. The van der Waals surface area contributed by atoms with Crippen molar-refractivity contribution < 1.29 is 31.5 Å². The molecular formula is C126H148BN3. The molecule has 0 saturated carbocycles. The lowest BCUT2D eigenvalue weighted by molar-refractivity contribution is 0.568. The first-order chi connectivity index (χ1) is 69.7. The van der Waals surface area contributed by atoms with Gasteiger partial charge in [-0.3, -0.25) is 0 Å². The van der Waals surface area contributed by atoms with Gasteiger partial charge in [0.05, 0.1) is 53.9 Å². The van der Waals surface area contributed by atoms with Gasteiger partial charge in [-0.05, 0) is 271 Å². The first-order valence-corrected chi connectivity index (χ1v) is 46.5. The van der Waals surface area contributed by atoms with Gasteiger partial charge in [0.2, 0.25) is 0 Å². The Morgan fingerprint density at radius 2 is 0.585 bits per heavy atom. The first-order valence-electron chi connectivity index (χ1n) is 58.0. The zero-order chi connectivity index (χ0) is 115. The Bertz CT molecular complexity index is 8060. The molecule has 4 heteroatoms. The highest BCUT2D eigenvalue weighted by molar-refractivity contribution is 7.00. The Balaban J connectivity index is 1.33. The van der Waals surface area contributed by atoms with E-state index in [9.17, 15) is 30.2 Å². The topological polar surface area (TPSA) is 11.4 Å². The molecule has 3 heterocycles. The van der Waals surface area contributed by atoms with Crippen LogP contribution in [0.3, 0.4) is 0 Å². The lowest BCUT2D eigenvalue weighted by Gasteiger charge is -2.46. The third-order valence-electron chi connectivity index (χ3n) is 25.8. The number of nitrogens with zero attached hydrogens (tertiary/aromatic N) is 3. The van der Waals surface area contributed by atoms with E-state index in [1.807, 2.05) is 160 Å². The van der Waals surface area contributed by atoms with Crippen molar-refractivity contribution in [3.8, 4) is 72.4 Å². The van der Waals surface area contributed by atoms with Crippen molar-refractivity contribution in [2.75, 3.05) is 9.80 Å². The number of aromatic nitrogens is 1. The van der Waals surface area contributed by atoms with Gasteiger partial charge in [0.15, 0.2) is 0 Å². The van der Waals surface area contributed by atoms with Crippen molar-refractivity contribution in [1.82, 2.24) is 4.57 Å². The van der Waals surface area contributed by atoms with Crippen LogP contribution in [-0.4, -0.2) is 11.3 Å². The first kappa shape index (κ1) is 67.5. The molecule has 130 heavy (non-hydrogen) atoms. The van der Waals surface area contributed by atoms with Crippen molar-refractivity contribution in [3.05, 3.63) is 309 Å². The standard InChI is InChI=1S/C126H148BN3/c1-115(2,3)84-47-42-78(43-48-84)97-71-93(124(28,29)30)73-99(83-62-91(122(22,23)24)68-92(63-83)123(25,26)27)113(97)130-109-76-95(128-106-58-52-86(117(7,8)9)69-100(106)101-70-87(118(10,11)12)53-59-107(101)128)54-57-105(109)127-104-56-46-80(77-40-38-37-39-41-77)64-108(104)129(110-65-82(66-111(130)112(110)127)81-60-89(120(16,17)18)67-90(61-81)121(19,20)21)114-98(79-44-49-85(50-45-79)116(4,5)6)72-94(125(31,32)33)74-102(114)96-55-51-88(119(13,14)15)75-103(96)126(34,35)36/h37-76H,1-36H3/i37D,38D,39D,40D,41D,42D,43D,44D,45D,47D,48D,49D,50D,51D,55D,62D,63D,68D,71D,72D,73D,74D,75D. The maximum absolute atomic E-state index is 11.9. The summed E-state index contributed by atoms with van der Waals surface area (Å²) in [5, 5.41) is 1.84. The van der Waals surface area contributed by atoms with Crippen LogP contribution in [0.25, 0.3) is 94.3 Å². The van der Waals surface area contributed by atoms with Crippen molar-refractivity contribution >= 4 is 79.0 Å². The van der Waals surface area contributed by atoms with Gasteiger partial charge in [-0.25, -0.2) is 0 Å². The molecule has 14 aromatic rings. The molecule has 0 aliphatic carbocycles. The zero-order valence-electron chi connectivity index (χ0n) is 107. The Morgan fingerprint density at radius 1 is 0.223 bits per heavy atom. The predicted octanol–water partition coefficient (Wildman–Crippen LogP) is 34.4. The largest absolute Gasteiger partial charge is 0.310 e. The second kappa shape index (κ2) is 31.5. The molecule has 0 atom stereocenters. The predicted molar refractivity (Wildman–Crippen MR) is 572 cm³/mol. The number of hydrogen-bond donors (Lipinski definition) is 0. The van der Waals surface area contributed by atoms with E-state index < -0.39 is 169 Å². The molecule has 13 aromatic carbocycles. The van der Waals surface area contributed by atoms with Crippen molar-refractivity contribution in [2.24, 2.45) is 0 Å². The molecule has 0 saturated heterocycles. The molecule has 0 spiro atoms. The molecule has 1 aromatic heterocycles. The second-order valence-electron chi connectivity index (χ2n) is 49.1. The number of fused-ring (bicyclic) bond motifs is 7. The van der Waals surface area contributed by atoms with E-state index in [0.717, 1.165) is 44.1 Å². The summed E-state index contributed by atoms with van der Waals surface area (Å²) in [7, 11) is 0. The van der Waals surface area contributed by atoms with E-state index in [1.165, 1.54) is 0 Å². The van der Waals surface area contributed by atoms with Crippen LogP contribution in [0.1, 0.15) is 348 Å². The Hall–Kier alpha value is -10.7. The molecule has 0 radical (unpaired) electrons. The summed E-state index contributed by atoms with van der Waals surface area (Å²) in [5.41, 5.74) is -4.22. The SMILES string of the molecule is [2H]c1c([2H])c([2H])c(-c2ccc3c(c2)N(c2c(-c4c([2H])c([2H])c(C(C)(C)C)c([2H])c4[2H])c([2H])c(C(C)(C)C)c([2H])c2-c2c([2H])c([2H])c(C(C)(C)C)c([2H])c2C(C)(C)C)c2cc(-c4cc(C(C)(C)C)cc(C(C)(C)C)c4)cc4c2B3c2ccc(-n3c5ccc(C(C)(C)C)cc5c5cc(C(C)(C)C)ccc53)cc2N4c2c(-c3c([2H])c([2H])c(C(C)(C)C)c([2H])c3[2H])c([2H])c(C(C)(C)C)c([2H])c2-c2c([2H])c(C(C)(C)C)c([2H])c(C(C)(C)C)c2[2H])c([2H])c1[2H]. The van der Waals surface area contributed by atoms with E-state index >= 15 is 0 Å². The smallest absolute Gasteiger partial charge is 0.252 e. The van der Waals surface area contributed by atoms with Gasteiger partial charge in [0.25, 0.3) is 6.71 Å². The highest BCUT2D eigenvalue weighted by Crippen LogP contribution is 2.58. The molecule has 2 aliphatic rings. The molecule has 0 bridgehead atoms. The van der Waals surface area contributed by atoms with Crippen LogP contribution >= 0.6 is 0 Å². The quantitative estimate of drug-likeness (QED) is 0.133. The maximum atomic E-state index is 11.9. The third kappa shape index (κ3) is 17.4.